The van der Waals surface area contributed by atoms with Crippen LogP contribution in [0.3, 0.4) is 0 Å². The molecule has 0 aromatic heterocycles. The van der Waals surface area contributed by atoms with Crippen LogP contribution in [-0.4, -0.2) is 31.1 Å². The quantitative estimate of drug-likeness (QED) is 0.808. The predicted molar refractivity (Wildman–Crippen MR) is 83.0 cm³/mol. The molecule has 1 saturated carbocycles. The topological polar surface area (TPSA) is 12.5 Å². The lowest BCUT2D eigenvalue weighted by molar-refractivity contribution is 0.0565. The zero-order chi connectivity index (χ0) is 13.8. The highest BCUT2D eigenvalue weighted by Crippen LogP contribution is 2.36. The van der Waals surface area contributed by atoms with E-state index in [9.17, 15) is 0 Å². The minimum absolute atomic E-state index is 0.773. The Morgan fingerprint density at radius 3 is 2.35 bits per heavy atom. The summed E-state index contributed by atoms with van der Waals surface area (Å²) < 4.78 is 5.93. The molecule has 3 rings (SSSR count). The van der Waals surface area contributed by atoms with Gasteiger partial charge in [0.05, 0.1) is 6.61 Å². The van der Waals surface area contributed by atoms with Gasteiger partial charge < -0.3 is 9.64 Å². The highest BCUT2D eigenvalue weighted by Gasteiger charge is 2.33. The standard InChI is InChI=1S/C18H27NO/c1-15-9-11-19(12-10-15)13-16-7-8-17(16)14-20-18-5-3-2-4-6-18/h2-6,15-17H,7-14H2,1H3/t16-,17+/m1/s1. The van der Waals surface area contributed by atoms with E-state index in [1.807, 2.05) is 18.2 Å². The molecule has 2 nitrogen and oxygen atoms in total. The first-order valence-corrected chi connectivity index (χ1v) is 8.21. The Morgan fingerprint density at radius 1 is 1.00 bits per heavy atom. The number of benzene rings is 1. The lowest BCUT2D eigenvalue weighted by Crippen LogP contribution is -2.43. The van der Waals surface area contributed by atoms with Gasteiger partial charge in [0, 0.05) is 6.54 Å². The molecule has 1 aromatic carbocycles. The maximum absolute atomic E-state index is 5.93. The van der Waals surface area contributed by atoms with Gasteiger partial charge in [0.2, 0.25) is 0 Å². The van der Waals surface area contributed by atoms with Crippen molar-refractivity contribution in [2.45, 2.75) is 32.6 Å². The smallest absolute Gasteiger partial charge is 0.119 e. The van der Waals surface area contributed by atoms with Gasteiger partial charge in [0.25, 0.3) is 0 Å². The molecule has 110 valence electrons. The lowest BCUT2D eigenvalue weighted by atomic mass is 9.73. The van der Waals surface area contributed by atoms with E-state index >= 15 is 0 Å². The van der Waals surface area contributed by atoms with Crippen LogP contribution in [-0.2, 0) is 0 Å². The van der Waals surface area contributed by atoms with Crippen molar-refractivity contribution in [2.75, 3.05) is 26.2 Å². The molecule has 20 heavy (non-hydrogen) atoms. The van der Waals surface area contributed by atoms with E-state index in [0.29, 0.717) is 0 Å². The van der Waals surface area contributed by atoms with E-state index in [0.717, 1.165) is 30.1 Å². The zero-order valence-corrected chi connectivity index (χ0v) is 12.6. The lowest BCUT2D eigenvalue weighted by Gasteiger charge is -2.41. The fourth-order valence-corrected chi connectivity index (χ4v) is 3.39. The number of para-hydroxylation sites is 1. The maximum atomic E-state index is 5.93. The number of piperidine rings is 1. The molecule has 1 aliphatic heterocycles. The molecule has 1 aromatic rings. The third-order valence-electron chi connectivity index (χ3n) is 5.15. The molecule has 0 unspecified atom stereocenters. The average Bonchev–Trinajstić information content (AvgIpc) is 2.47. The molecule has 2 atom stereocenters. The van der Waals surface area contributed by atoms with E-state index in [1.165, 1.54) is 45.3 Å². The summed E-state index contributed by atoms with van der Waals surface area (Å²) in [6, 6.07) is 10.2. The predicted octanol–water partition coefficient (Wildman–Crippen LogP) is 3.82. The Morgan fingerprint density at radius 2 is 1.70 bits per heavy atom. The van der Waals surface area contributed by atoms with E-state index in [2.05, 4.69) is 24.0 Å². The Kier molecular flexibility index (Phi) is 4.62. The summed E-state index contributed by atoms with van der Waals surface area (Å²) in [5, 5.41) is 0. The van der Waals surface area contributed by atoms with Crippen molar-refractivity contribution in [3.05, 3.63) is 30.3 Å². The zero-order valence-electron chi connectivity index (χ0n) is 12.6. The summed E-state index contributed by atoms with van der Waals surface area (Å²) in [6.07, 6.45) is 5.52. The largest absolute Gasteiger partial charge is 0.493 e. The molecule has 0 spiro atoms. The third kappa shape index (κ3) is 3.54. The average molecular weight is 273 g/mol. The van der Waals surface area contributed by atoms with Crippen LogP contribution < -0.4 is 4.74 Å². The molecule has 0 bridgehead atoms. The first-order chi connectivity index (χ1) is 9.81. The molecule has 2 fully saturated rings. The van der Waals surface area contributed by atoms with Crippen molar-refractivity contribution in [2.24, 2.45) is 17.8 Å². The van der Waals surface area contributed by atoms with Crippen molar-refractivity contribution in [3.8, 4) is 5.75 Å². The van der Waals surface area contributed by atoms with Crippen LogP contribution in [0.5, 0.6) is 5.75 Å². The normalized spacial score (nSPS) is 28.1. The molecule has 1 heterocycles. The van der Waals surface area contributed by atoms with Gasteiger partial charge in [-0.25, -0.2) is 0 Å². The molecule has 2 heteroatoms. The van der Waals surface area contributed by atoms with Gasteiger partial charge in [-0.05, 0) is 68.7 Å². The summed E-state index contributed by atoms with van der Waals surface area (Å²) in [4.78, 5) is 2.68. The summed E-state index contributed by atoms with van der Waals surface area (Å²) in [5.41, 5.74) is 0. The minimum atomic E-state index is 0.773. The fourth-order valence-electron chi connectivity index (χ4n) is 3.39. The Labute approximate surface area is 123 Å². The van der Waals surface area contributed by atoms with E-state index in [4.69, 9.17) is 4.74 Å². The highest BCUT2D eigenvalue weighted by molar-refractivity contribution is 5.20. The van der Waals surface area contributed by atoms with Gasteiger partial charge >= 0.3 is 0 Å². The van der Waals surface area contributed by atoms with Gasteiger partial charge in [-0.1, -0.05) is 25.1 Å². The van der Waals surface area contributed by atoms with Crippen molar-refractivity contribution in [3.63, 3.8) is 0 Å². The number of likely N-dealkylation sites (tertiary alicyclic amines) is 1. The fraction of sp³-hybridized carbons (Fsp3) is 0.667. The van der Waals surface area contributed by atoms with Gasteiger partial charge in [-0.15, -0.1) is 0 Å². The first-order valence-electron chi connectivity index (χ1n) is 8.21. The summed E-state index contributed by atoms with van der Waals surface area (Å²) >= 11 is 0. The third-order valence-corrected chi connectivity index (χ3v) is 5.15. The van der Waals surface area contributed by atoms with Gasteiger partial charge in [0.15, 0.2) is 0 Å². The molecular weight excluding hydrogens is 246 g/mol. The Bertz CT molecular complexity index is 397. The summed E-state index contributed by atoms with van der Waals surface area (Å²) in [6.45, 7) is 7.21. The Hall–Kier alpha value is -1.02. The molecule has 2 aliphatic rings. The summed E-state index contributed by atoms with van der Waals surface area (Å²) in [5.74, 6) is 3.59. The molecule has 0 amide bonds. The van der Waals surface area contributed by atoms with Crippen LogP contribution >= 0.6 is 0 Å². The van der Waals surface area contributed by atoms with E-state index < -0.39 is 0 Å². The second-order valence-electron chi connectivity index (χ2n) is 6.70. The molecule has 0 radical (unpaired) electrons. The van der Waals surface area contributed by atoms with E-state index in [1.54, 1.807) is 0 Å². The van der Waals surface area contributed by atoms with Gasteiger partial charge in [-0.3, -0.25) is 0 Å². The second kappa shape index (κ2) is 6.62. The van der Waals surface area contributed by atoms with Crippen LogP contribution in [0.2, 0.25) is 0 Å². The van der Waals surface area contributed by atoms with Crippen LogP contribution in [0.4, 0.5) is 0 Å². The summed E-state index contributed by atoms with van der Waals surface area (Å²) in [7, 11) is 0. The molecular formula is C18H27NO. The molecule has 1 aliphatic carbocycles. The van der Waals surface area contributed by atoms with Gasteiger partial charge in [-0.2, -0.15) is 0 Å². The highest BCUT2D eigenvalue weighted by atomic mass is 16.5. The first kappa shape index (κ1) is 13.9. The molecule has 1 saturated heterocycles. The molecule has 0 N–H and O–H groups in total. The number of hydrogen-bond acceptors (Lipinski definition) is 2. The number of ether oxygens (including phenoxy) is 1. The second-order valence-corrected chi connectivity index (χ2v) is 6.70. The monoisotopic (exact) mass is 273 g/mol. The maximum Gasteiger partial charge on any atom is 0.119 e. The van der Waals surface area contributed by atoms with Crippen LogP contribution in [0.15, 0.2) is 30.3 Å². The van der Waals surface area contributed by atoms with Crippen LogP contribution in [0, 0.1) is 17.8 Å². The van der Waals surface area contributed by atoms with Crippen molar-refractivity contribution in [1.29, 1.82) is 0 Å². The van der Waals surface area contributed by atoms with Crippen LogP contribution in [0.25, 0.3) is 0 Å². The van der Waals surface area contributed by atoms with Crippen molar-refractivity contribution >= 4 is 0 Å². The van der Waals surface area contributed by atoms with Gasteiger partial charge in [0.1, 0.15) is 5.75 Å². The number of rotatable bonds is 5. The SMILES string of the molecule is CC1CCN(C[C@H]2CC[C@H]2COc2ccccc2)CC1. The van der Waals surface area contributed by atoms with Crippen molar-refractivity contribution in [1.82, 2.24) is 4.90 Å². The van der Waals surface area contributed by atoms with Crippen molar-refractivity contribution < 1.29 is 4.74 Å². The minimum Gasteiger partial charge on any atom is -0.493 e. The Balaban J connectivity index is 1.40. The van der Waals surface area contributed by atoms with E-state index in [-0.39, 0.29) is 0 Å². The van der Waals surface area contributed by atoms with Crippen LogP contribution in [0.1, 0.15) is 32.6 Å². The number of nitrogens with zero attached hydrogens (tertiary/aromatic N) is 1. The number of hydrogen-bond donors (Lipinski definition) is 0.